The fourth-order valence-corrected chi connectivity index (χ4v) is 6.08. The van der Waals surface area contributed by atoms with Crippen molar-refractivity contribution in [1.29, 1.82) is 0 Å². The van der Waals surface area contributed by atoms with Gasteiger partial charge < -0.3 is 19.1 Å². The molecule has 0 radical (unpaired) electrons. The van der Waals surface area contributed by atoms with Crippen molar-refractivity contribution in [2.24, 2.45) is 13.0 Å². The topological polar surface area (TPSA) is 87.2 Å². The molecule has 3 aromatic heterocycles. The van der Waals surface area contributed by atoms with Crippen LogP contribution in [0, 0.1) is 18.7 Å². The first-order valence-electron chi connectivity index (χ1n) is 13.6. The summed E-state index contributed by atoms with van der Waals surface area (Å²) in [5.41, 5.74) is 5.47. The lowest BCUT2D eigenvalue weighted by molar-refractivity contribution is 0.0548. The first-order chi connectivity index (χ1) is 19.2. The largest absolute Gasteiger partial charge is 0.497 e. The van der Waals surface area contributed by atoms with E-state index in [2.05, 4.69) is 20.9 Å². The van der Waals surface area contributed by atoms with E-state index in [9.17, 15) is 5.11 Å². The molecule has 1 fully saturated rings. The van der Waals surface area contributed by atoms with Crippen LogP contribution in [0.25, 0.3) is 33.2 Å². The van der Waals surface area contributed by atoms with Crippen LogP contribution in [0.5, 0.6) is 5.75 Å². The Kier molecular flexibility index (Phi) is 6.59. The number of fused-ring (bicyclic) bond motifs is 3. The third-order valence-corrected chi connectivity index (χ3v) is 8.13. The molecular weight excluding hydrogens is 509 g/mol. The highest BCUT2D eigenvalue weighted by molar-refractivity contribution is 6.07. The van der Waals surface area contributed by atoms with Crippen molar-refractivity contribution in [3.63, 3.8) is 0 Å². The number of aromatic nitrogens is 5. The van der Waals surface area contributed by atoms with Gasteiger partial charge in [0.25, 0.3) is 0 Å². The number of methoxy groups -OCH3 is 1. The average molecular weight is 544 g/mol. The number of nitrogens with zero attached hydrogens (tertiary/aromatic N) is 5. The number of ether oxygens (including phenoxy) is 2. The van der Waals surface area contributed by atoms with E-state index in [0.717, 1.165) is 57.3 Å². The number of aliphatic hydroxyl groups is 1. The minimum atomic E-state index is -1.05. The first-order valence-corrected chi connectivity index (χ1v) is 13.6. The molecule has 2 aromatic carbocycles. The molecule has 8 nitrogen and oxygen atoms in total. The van der Waals surface area contributed by atoms with Crippen molar-refractivity contribution < 1.29 is 19.0 Å². The minimum Gasteiger partial charge on any atom is -0.497 e. The molecule has 0 amide bonds. The predicted octanol–water partition coefficient (Wildman–Crippen LogP) is 5.68. The third kappa shape index (κ3) is 4.43. The van der Waals surface area contributed by atoms with Crippen molar-refractivity contribution in [2.45, 2.75) is 45.3 Å². The van der Waals surface area contributed by atoms with E-state index < -0.39 is 5.60 Å². The molecule has 0 aliphatic carbocycles. The van der Waals surface area contributed by atoms with Crippen molar-refractivity contribution in [3.8, 4) is 17.0 Å². The van der Waals surface area contributed by atoms with Crippen LogP contribution in [-0.4, -0.2) is 50.0 Å². The number of hydrogen-bond acceptors (Lipinski definition) is 6. The normalized spacial score (nSPS) is 15.7. The molecular formula is C31H34FN5O3. The Balaban J connectivity index is 1.70. The van der Waals surface area contributed by atoms with Crippen LogP contribution in [0.4, 0.5) is 4.39 Å². The second kappa shape index (κ2) is 9.98. The Morgan fingerprint density at radius 3 is 2.52 bits per heavy atom. The lowest BCUT2D eigenvalue weighted by atomic mass is 9.86. The standard InChI is InChI=1S/C31H34FN5O3/c1-18-29(36(4)35-34-18)20-14-27-28(33-17-20)24-8-6-21(31(2,3)38)15-26(24)37(27)30(19-10-12-40-13-11-19)23-9-7-22(39-5)16-25(23)32/h6-9,14-17,19,30,38H,10-13H2,1-5H3/t30-/m1/s1. The van der Waals surface area contributed by atoms with Crippen LogP contribution in [0.3, 0.4) is 0 Å². The summed E-state index contributed by atoms with van der Waals surface area (Å²) in [5.74, 6) is 0.270. The molecule has 0 unspecified atom stereocenters. The van der Waals surface area contributed by atoms with Crippen LogP contribution in [-0.2, 0) is 17.4 Å². The first kappa shape index (κ1) is 26.4. The van der Waals surface area contributed by atoms with E-state index in [1.54, 1.807) is 18.5 Å². The second-order valence-electron chi connectivity index (χ2n) is 11.2. The molecule has 0 bridgehead atoms. The molecule has 4 heterocycles. The Bertz CT molecular complexity index is 1690. The zero-order chi connectivity index (χ0) is 28.2. The lowest BCUT2D eigenvalue weighted by Crippen LogP contribution is -2.27. The SMILES string of the molecule is COc1ccc([C@@H](C2CCOCC2)n2c3cc(C(C)(C)O)ccc3c3ncc(-c4c(C)nnn4C)cc32)c(F)c1. The molecule has 1 aliphatic heterocycles. The highest BCUT2D eigenvalue weighted by atomic mass is 19.1. The number of rotatable bonds is 6. The van der Waals surface area contributed by atoms with E-state index in [1.807, 2.05) is 50.5 Å². The number of aryl methyl sites for hydroxylation is 2. The molecule has 40 heavy (non-hydrogen) atoms. The highest BCUT2D eigenvalue weighted by Gasteiger charge is 2.33. The maximum atomic E-state index is 15.9. The monoisotopic (exact) mass is 543 g/mol. The van der Waals surface area contributed by atoms with Crippen molar-refractivity contribution in [2.75, 3.05) is 20.3 Å². The lowest BCUT2D eigenvalue weighted by Gasteiger charge is -2.33. The second-order valence-corrected chi connectivity index (χ2v) is 11.2. The van der Waals surface area contributed by atoms with Gasteiger partial charge in [-0.1, -0.05) is 23.4 Å². The van der Waals surface area contributed by atoms with E-state index in [-0.39, 0.29) is 17.8 Å². The fourth-order valence-electron chi connectivity index (χ4n) is 6.08. The van der Waals surface area contributed by atoms with Crippen LogP contribution in [0.15, 0.2) is 48.7 Å². The highest BCUT2D eigenvalue weighted by Crippen LogP contribution is 2.43. The van der Waals surface area contributed by atoms with E-state index >= 15 is 4.39 Å². The zero-order valence-electron chi connectivity index (χ0n) is 23.5. The van der Waals surface area contributed by atoms with Crippen LogP contribution in [0.1, 0.15) is 49.6 Å². The average Bonchev–Trinajstić information content (AvgIpc) is 3.45. The minimum absolute atomic E-state index is 0.116. The zero-order valence-corrected chi connectivity index (χ0v) is 23.5. The predicted molar refractivity (Wildman–Crippen MR) is 152 cm³/mol. The molecule has 208 valence electrons. The molecule has 1 saturated heterocycles. The number of hydrogen-bond donors (Lipinski definition) is 1. The van der Waals surface area contributed by atoms with Gasteiger partial charge in [-0.05, 0) is 63.3 Å². The van der Waals surface area contributed by atoms with Crippen molar-refractivity contribution >= 4 is 21.9 Å². The van der Waals surface area contributed by atoms with Crippen LogP contribution < -0.4 is 4.74 Å². The van der Waals surface area contributed by atoms with Gasteiger partial charge >= 0.3 is 0 Å². The van der Waals surface area contributed by atoms with Crippen molar-refractivity contribution in [1.82, 2.24) is 24.5 Å². The van der Waals surface area contributed by atoms with Gasteiger partial charge in [0.15, 0.2) is 0 Å². The molecule has 1 N–H and O–H groups in total. The molecule has 6 rings (SSSR count). The van der Waals surface area contributed by atoms with E-state index in [0.29, 0.717) is 24.5 Å². The maximum absolute atomic E-state index is 15.9. The van der Waals surface area contributed by atoms with Gasteiger partial charge in [-0.3, -0.25) is 4.98 Å². The molecule has 5 aromatic rings. The molecule has 1 aliphatic rings. The Morgan fingerprint density at radius 2 is 1.88 bits per heavy atom. The van der Waals surface area contributed by atoms with Gasteiger partial charge in [0, 0.05) is 49.0 Å². The van der Waals surface area contributed by atoms with Gasteiger partial charge in [0.2, 0.25) is 0 Å². The molecule has 0 spiro atoms. The Morgan fingerprint density at radius 1 is 1.10 bits per heavy atom. The number of benzene rings is 2. The maximum Gasteiger partial charge on any atom is 0.132 e. The van der Waals surface area contributed by atoms with Crippen LogP contribution in [0.2, 0.25) is 0 Å². The Labute approximate surface area is 232 Å². The summed E-state index contributed by atoms with van der Waals surface area (Å²) in [6.45, 7) is 6.71. The van der Waals surface area contributed by atoms with E-state index in [1.165, 1.54) is 13.2 Å². The molecule has 9 heteroatoms. The van der Waals surface area contributed by atoms with Gasteiger partial charge in [0.05, 0.1) is 46.7 Å². The van der Waals surface area contributed by atoms with Gasteiger partial charge in [-0.15, -0.1) is 5.10 Å². The summed E-state index contributed by atoms with van der Waals surface area (Å²) in [7, 11) is 3.40. The Hall–Kier alpha value is -3.82. The smallest absolute Gasteiger partial charge is 0.132 e. The van der Waals surface area contributed by atoms with Gasteiger partial charge in [0.1, 0.15) is 11.6 Å². The van der Waals surface area contributed by atoms with Crippen molar-refractivity contribution in [3.05, 3.63) is 71.3 Å². The molecule has 1 atom stereocenters. The van der Waals surface area contributed by atoms with E-state index in [4.69, 9.17) is 14.5 Å². The summed E-state index contributed by atoms with van der Waals surface area (Å²) in [4.78, 5) is 4.94. The summed E-state index contributed by atoms with van der Waals surface area (Å²) in [6, 6.07) is 12.8. The van der Waals surface area contributed by atoms with Crippen LogP contribution >= 0.6 is 0 Å². The number of pyridine rings is 1. The quantitative estimate of drug-likeness (QED) is 0.296. The summed E-state index contributed by atoms with van der Waals surface area (Å²) < 4.78 is 30.9. The van der Waals surface area contributed by atoms with Gasteiger partial charge in [-0.2, -0.15) is 0 Å². The third-order valence-electron chi connectivity index (χ3n) is 8.13. The fraction of sp³-hybridized carbons (Fsp3) is 0.387. The summed E-state index contributed by atoms with van der Waals surface area (Å²) in [5, 5.41) is 20.3. The molecule has 0 saturated carbocycles. The van der Waals surface area contributed by atoms with Gasteiger partial charge in [-0.25, -0.2) is 9.07 Å². The summed E-state index contributed by atoms with van der Waals surface area (Å²) in [6.07, 6.45) is 3.43. The number of halogens is 1. The summed E-state index contributed by atoms with van der Waals surface area (Å²) >= 11 is 0.